The predicted octanol–water partition coefficient (Wildman–Crippen LogP) is 9.33. The van der Waals surface area contributed by atoms with Gasteiger partial charge in [0.1, 0.15) is 30.7 Å². The van der Waals surface area contributed by atoms with E-state index in [0.29, 0.717) is 6.73 Å². The topological polar surface area (TPSA) is 149 Å². The zero-order valence-corrected chi connectivity index (χ0v) is 27.0. The minimum atomic E-state index is 0. The fraction of sp³-hybridized carbons (Fsp3) is 0.515. The molecule has 0 aromatic carbocycles. The van der Waals surface area contributed by atoms with Crippen molar-refractivity contribution in [1.82, 2.24) is 30.2 Å². The molecule has 0 atom stereocenters. The highest BCUT2D eigenvalue weighted by Gasteiger charge is 1.97. The number of aromatic nitrogens is 5. The van der Waals surface area contributed by atoms with E-state index in [4.69, 9.17) is 18.3 Å². The number of ether oxygens (including phenoxy) is 2. The quantitative estimate of drug-likeness (QED) is 0.182. The first kappa shape index (κ1) is 52.6. The second kappa shape index (κ2) is 35.0. The number of imidazole rings is 1. The van der Waals surface area contributed by atoms with E-state index in [2.05, 4.69) is 47.1 Å². The van der Waals surface area contributed by atoms with Crippen LogP contribution in [0.25, 0.3) is 0 Å². The molecule has 12 nitrogen and oxygen atoms in total. The highest BCUT2D eigenvalue weighted by Crippen LogP contribution is 2.09. The Bertz CT molecular complexity index is 1050. The molecule has 0 unspecified atom stereocenters. The SMILES string of the molecule is C.C.C.C.C.CC1=COCN1.CC1=NCCO1.CC1=NCCS1.Cc1cnco1.Cc1ncc[nH]1.Cc1ncco1.Cc1nccs1. The van der Waals surface area contributed by atoms with Gasteiger partial charge in [-0.25, -0.2) is 15.0 Å². The molecule has 3 aliphatic rings. The monoisotopic (exact) mass is 698 g/mol. The first-order chi connectivity index (χ1) is 20.3. The number of aliphatic imine (C=N–C) groups is 2. The third kappa shape index (κ3) is 33.3. The number of aromatic amines is 1. The second-order valence-corrected chi connectivity index (χ2v) is 10.6. The minimum Gasteiger partial charge on any atom is -0.479 e. The van der Waals surface area contributed by atoms with Crippen LogP contribution in [-0.4, -0.2) is 68.0 Å². The smallest absolute Gasteiger partial charge is 0.190 e. The number of nitrogens with one attached hydrogen (secondary N) is 2. The summed E-state index contributed by atoms with van der Waals surface area (Å²) in [6.45, 7) is 16.8. The Morgan fingerprint density at radius 2 is 1.55 bits per heavy atom. The van der Waals surface area contributed by atoms with Gasteiger partial charge in [0.15, 0.2) is 24.9 Å². The van der Waals surface area contributed by atoms with Crippen LogP contribution in [-0.2, 0) is 9.47 Å². The second-order valence-electron chi connectivity index (χ2n) is 8.18. The first-order valence-corrected chi connectivity index (χ1v) is 15.0. The van der Waals surface area contributed by atoms with E-state index in [9.17, 15) is 0 Å². The summed E-state index contributed by atoms with van der Waals surface area (Å²) in [5.74, 6) is 4.57. The van der Waals surface area contributed by atoms with Gasteiger partial charge in [0, 0.05) is 55.8 Å². The Hall–Kier alpha value is -3.91. The molecule has 7 rings (SSSR count). The molecule has 0 saturated carbocycles. The molecule has 0 amide bonds. The van der Waals surface area contributed by atoms with Crippen molar-refractivity contribution in [2.45, 2.75) is 85.6 Å². The molecule has 3 aliphatic heterocycles. The van der Waals surface area contributed by atoms with E-state index in [1.165, 1.54) is 17.2 Å². The molecule has 4 aromatic heterocycles. The van der Waals surface area contributed by atoms with Crippen molar-refractivity contribution in [3.05, 3.63) is 83.5 Å². The molecule has 0 saturated heterocycles. The number of nitrogens with zero attached hydrogens (tertiary/aromatic N) is 6. The number of allylic oxidation sites excluding steroid dienone is 1. The number of thiazole rings is 1. The molecule has 0 radical (unpaired) electrons. The minimum absolute atomic E-state index is 0. The summed E-state index contributed by atoms with van der Waals surface area (Å²) >= 11 is 3.51. The van der Waals surface area contributed by atoms with Crippen molar-refractivity contribution < 1.29 is 18.3 Å². The van der Waals surface area contributed by atoms with Crippen LogP contribution < -0.4 is 5.32 Å². The lowest BCUT2D eigenvalue weighted by atomic mass is 10.6. The maximum Gasteiger partial charge on any atom is 0.190 e. The molecule has 0 fully saturated rings. The maximum atomic E-state index is 4.90. The average molecular weight is 699 g/mol. The van der Waals surface area contributed by atoms with Crippen molar-refractivity contribution in [1.29, 1.82) is 0 Å². The molecule has 14 heteroatoms. The van der Waals surface area contributed by atoms with Gasteiger partial charge in [0.25, 0.3) is 0 Å². The van der Waals surface area contributed by atoms with Gasteiger partial charge in [-0.15, -0.1) is 23.1 Å². The Morgan fingerprint density at radius 1 is 0.809 bits per heavy atom. The molecule has 47 heavy (non-hydrogen) atoms. The maximum absolute atomic E-state index is 4.90. The molecule has 270 valence electrons. The van der Waals surface area contributed by atoms with Crippen molar-refractivity contribution in [2.75, 3.05) is 32.2 Å². The lowest BCUT2D eigenvalue weighted by Gasteiger charge is -1.86. The summed E-state index contributed by atoms with van der Waals surface area (Å²) in [5.41, 5.74) is 1.11. The van der Waals surface area contributed by atoms with Crippen LogP contribution in [0.5, 0.6) is 0 Å². The largest absolute Gasteiger partial charge is 0.479 e. The Balaban J connectivity index is -0.000000143. The van der Waals surface area contributed by atoms with E-state index >= 15 is 0 Å². The van der Waals surface area contributed by atoms with Crippen LogP contribution in [0.4, 0.5) is 0 Å². The molecule has 0 bridgehead atoms. The van der Waals surface area contributed by atoms with Crippen LogP contribution in [0.1, 0.15) is 80.4 Å². The van der Waals surface area contributed by atoms with Gasteiger partial charge in [-0.3, -0.25) is 15.0 Å². The molecule has 0 aliphatic carbocycles. The van der Waals surface area contributed by atoms with Crippen LogP contribution in [0.2, 0.25) is 0 Å². The molecular formula is C33H62N8O4S2. The molecule has 0 spiro atoms. The van der Waals surface area contributed by atoms with Crippen LogP contribution in [0.3, 0.4) is 0 Å². The zero-order valence-electron chi connectivity index (χ0n) is 25.4. The van der Waals surface area contributed by atoms with Gasteiger partial charge >= 0.3 is 0 Å². The van der Waals surface area contributed by atoms with Crippen molar-refractivity contribution in [3.63, 3.8) is 0 Å². The van der Waals surface area contributed by atoms with E-state index in [0.717, 1.165) is 53.8 Å². The Kier molecular flexibility index (Phi) is 39.1. The molecule has 2 N–H and O–H groups in total. The predicted molar refractivity (Wildman–Crippen MR) is 204 cm³/mol. The Labute approximate surface area is 293 Å². The van der Waals surface area contributed by atoms with Crippen molar-refractivity contribution >= 4 is 34.0 Å². The average Bonchev–Trinajstić information content (AvgIpc) is 3.79. The number of H-pyrrole nitrogens is 1. The van der Waals surface area contributed by atoms with E-state index in [-0.39, 0.29) is 37.1 Å². The van der Waals surface area contributed by atoms with Gasteiger partial charge in [0.2, 0.25) is 0 Å². The standard InChI is InChI=1S/C4H6N2.C4H7NO.C4H5NO.C4H7NO.C4H5NO.C4H7NS.C4H5NS.5CH4/c1-4-5-2-3-6-4;1-4-2-6-3-5-4;1-4-2-5-3-6-4;4*1-4-5-2-3-6-4;;;;;/h2-3H,1H3,(H,5,6);2,5H,3H2,1H3;2-3H,1H3;2-3H2,1H3;2-3H,1H3;2-3H2,1H3;2-3H,1H3;5*1H4. The van der Waals surface area contributed by atoms with E-state index < -0.39 is 0 Å². The van der Waals surface area contributed by atoms with Crippen LogP contribution >= 0.6 is 23.1 Å². The zero-order chi connectivity index (χ0) is 30.8. The Morgan fingerprint density at radius 3 is 1.70 bits per heavy atom. The highest BCUT2D eigenvalue weighted by atomic mass is 32.2. The van der Waals surface area contributed by atoms with Crippen molar-refractivity contribution in [3.8, 4) is 0 Å². The van der Waals surface area contributed by atoms with Gasteiger partial charge in [0.05, 0.1) is 29.0 Å². The summed E-state index contributed by atoms with van der Waals surface area (Å²) in [5, 5.41) is 7.31. The summed E-state index contributed by atoms with van der Waals surface area (Å²) in [4.78, 5) is 26.1. The normalized spacial score (nSPS) is 12.1. The fourth-order valence-electron chi connectivity index (χ4n) is 2.46. The fourth-order valence-corrected chi connectivity index (χ4v) is 3.56. The van der Waals surface area contributed by atoms with Gasteiger partial charge in [-0.05, 0) is 34.6 Å². The van der Waals surface area contributed by atoms with Gasteiger partial charge in [-0.1, -0.05) is 37.1 Å². The summed E-state index contributed by atoms with van der Waals surface area (Å²) in [7, 11) is 0. The number of oxazole rings is 2. The van der Waals surface area contributed by atoms with Gasteiger partial charge < -0.3 is 28.6 Å². The number of thioether (sulfide) groups is 1. The third-order valence-electron chi connectivity index (χ3n) is 4.47. The molecule has 4 aromatic rings. The lowest BCUT2D eigenvalue weighted by molar-refractivity contribution is 0.267. The number of hydrogen-bond donors (Lipinski definition) is 2. The summed E-state index contributed by atoms with van der Waals surface area (Å²) in [6.07, 6.45) is 13.3. The number of aryl methyl sites for hydroxylation is 4. The van der Waals surface area contributed by atoms with E-state index in [1.807, 2.05) is 51.8 Å². The summed E-state index contributed by atoms with van der Waals surface area (Å²) in [6, 6.07) is 0. The summed E-state index contributed by atoms with van der Waals surface area (Å²) < 4.78 is 19.1. The van der Waals surface area contributed by atoms with Crippen LogP contribution in [0, 0.1) is 27.7 Å². The molecule has 7 heterocycles. The number of rotatable bonds is 0. The number of hydrogen-bond acceptors (Lipinski definition) is 13. The van der Waals surface area contributed by atoms with Gasteiger partial charge in [-0.2, -0.15) is 0 Å². The highest BCUT2D eigenvalue weighted by molar-refractivity contribution is 8.14. The van der Waals surface area contributed by atoms with Crippen molar-refractivity contribution in [2.24, 2.45) is 9.98 Å². The van der Waals surface area contributed by atoms with Crippen LogP contribution in [0.15, 0.2) is 79.8 Å². The lowest BCUT2D eigenvalue weighted by Crippen LogP contribution is -2.04. The van der Waals surface area contributed by atoms with E-state index in [1.54, 1.807) is 61.8 Å². The first-order valence-electron chi connectivity index (χ1n) is 13.1. The molecular weight excluding hydrogens is 637 g/mol. The third-order valence-corrected chi connectivity index (χ3v) is 6.11.